The van der Waals surface area contributed by atoms with Crippen LogP contribution in [0.4, 0.5) is 0 Å². The number of benzene rings is 2. The van der Waals surface area contributed by atoms with Gasteiger partial charge in [0.2, 0.25) is 0 Å². The van der Waals surface area contributed by atoms with Crippen LogP contribution in [0.1, 0.15) is 11.6 Å². The van der Waals surface area contributed by atoms with E-state index in [9.17, 15) is 0 Å². The molecule has 0 aliphatic rings. The monoisotopic (exact) mass is 213 g/mol. The Morgan fingerprint density at radius 2 is 2.00 bits per heavy atom. The molecule has 0 saturated carbocycles. The summed E-state index contributed by atoms with van der Waals surface area (Å²) in [7, 11) is 1.66. The number of nitrogens with two attached hydrogens (primary N) is 1. The van der Waals surface area contributed by atoms with Crippen LogP contribution in [0.5, 0.6) is 5.75 Å². The van der Waals surface area contributed by atoms with Crippen molar-refractivity contribution in [3.05, 3.63) is 54.6 Å². The van der Waals surface area contributed by atoms with Crippen LogP contribution in [0.2, 0.25) is 0 Å². The summed E-state index contributed by atoms with van der Waals surface area (Å²) in [5.41, 5.74) is 7.03. The lowest BCUT2D eigenvalue weighted by atomic mass is 9.98. The van der Waals surface area contributed by atoms with Crippen LogP contribution in [0.15, 0.2) is 49.1 Å². The van der Waals surface area contributed by atoms with Gasteiger partial charge in [0.25, 0.3) is 0 Å². The van der Waals surface area contributed by atoms with Crippen LogP contribution in [-0.4, -0.2) is 7.11 Å². The van der Waals surface area contributed by atoms with Gasteiger partial charge >= 0.3 is 0 Å². The average molecular weight is 213 g/mol. The lowest BCUT2D eigenvalue weighted by molar-refractivity contribution is 0.409. The first-order chi connectivity index (χ1) is 7.77. The maximum Gasteiger partial charge on any atom is 0.124 e. The van der Waals surface area contributed by atoms with E-state index in [4.69, 9.17) is 10.5 Å². The fourth-order valence-electron chi connectivity index (χ4n) is 1.92. The van der Waals surface area contributed by atoms with E-state index in [0.717, 1.165) is 22.1 Å². The summed E-state index contributed by atoms with van der Waals surface area (Å²) in [6.45, 7) is 3.74. The predicted molar refractivity (Wildman–Crippen MR) is 67.6 cm³/mol. The van der Waals surface area contributed by atoms with Gasteiger partial charge in [0.1, 0.15) is 5.75 Å². The molecule has 0 aliphatic carbocycles. The van der Waals surface area contributed by atoms with Crippen molar-refractivity contribution in [1.82, 2.24) is 0 Å². The highest BCUT2D eigenvalue weighted by Crippen LogP contribution is 2.32. The summed E-state index contributed by atoms with van der Waals surface area (Å²) in [5, 5.41) is 2.28. The first-order valence-electron chi connectivity index (χ1n) is 5.21. The topological polar surface area (TPSA) is 35.2 Å². The molecule has 0 spiro atoms. The molecule has 0 aromatic heterocycles. The molecule has 1 atom stereocenters. The van der Waals surface area contributed by atoms with E-state index in [1.807, 2.05) is 24.3 Å². The number of hydrogen-bond donors (Lipinski definition) is 1. The molecule has 0 amide bonds. The van der Waals surface area contributed by atoms with Crippen LogP contribution < -0.4 is 10.5 Å². The van der Waals surface area contributed by atoms with E-state index in [1.165, 1.54) is 0 Å². The molecule has 0 aliphatic heterocycles. The van der Waals surface area contributed by atoms with Crippen molar-refractivity contribution in [2.24, 2.45) is 5.73 Å². The Balaban J connectivity index is 2.77. The normalized spacial score (nSPS) is 12.4. The fraction of sp³-hybridized carbons (Fsp3) is 0.143. The first kappa shape index (κ1) is 10.7. The third-order valence-corrected chi connectivity index (χ3v) is 2.74. The number of methoxy groups -OCH3 is 1. The van der Waals surface area contributed by atoms with Crippen molar-refractivity contribution in [3.63, 3.8) is 0 Å². The van der Waals surface area contributed by atoms with Crippen LogP contribution >= 0.6 is 0 Å². The molecule has 0 radical (unpaired) electrons. The molecule has 2 aromatic rings. The lowest BCUT2D eigenvalue weighted by Gasteiger charge is -2.15. The molecule has 2 heteroatoms. The third-order valence-electron chi connectivity index (χ3n) is 2.74. The molecular formula is C14H15NO. The summed E-state index contributed by atoms with van der Waals surface area (Å²) in [4.78, 5) is 0. The molecule has 0 heterocycles. The maximum atomic E-state index is 6.04. The maximum absolute atomic E-state index is 6.04. The smallest absolute Gasteiger partial charge is 0.124 e. The van der Waals surface area contributed by atoms with Crippen molar-refractivity contribution in [2.75, 3.05) is 7.11 Å². The van der Waals surface area contributed by atoms with Crippen molar-refractivity contribution in [2.45, 2.75) is 6.04 Å². The molecule has 16 heavy (non-hydrogen) atoms. The Morgan fingerprint density at radius 3 is 2.69 bits per heavy atom. The second kappa shape index (κ2) is 4.37. The zero-order valence-electron chi connectivity index (χ0n) is 9.31. The van der Waals surface area contributed by atoms with E-state index in [1.54, 1.807) is 13.2 Å². The first-order valence-corrected chi connectivity index (χ1v) is 5.21. The Labute approximate surface area is 95.3 Å². The zero-order valence-corrected chi connectivity index (χ0v) is 9.31. The minimum Gasteiger partial charge on any atom is -0.496 e. The Hall–Kier alpha value is -1.80. The largest absolute Gasteiger partial charge is 0.496 e. The summed E-state index contributed by atoms with van der Waals surface area (Å²) in [6.07, 6.45) is 1.73. The van der Waals surface area contributed by atoms with Crippen molar-refractivity contribution >= 4 is 10.8 Å². The fourth-order valence-corrected chi connectivity index (χ4v) is 1.92. The molecule has 0 fully saturated rings. The number of fused-ring (bicyclic) bond motifs is 1. The molecule has 2 aromatic carbocycles. The van der Waals surface area contributed by atoms with Gasteiger partial charge < -0.3 is 10.5 Å². The third kappa shape index (κ3) is 1.68. The molecule has 2 rings (SSSR count). The zero-order chi connectivity index (χ0) is 11.5. The van der Waals surface area contributed by atoms with Crippen LogP contribution in [0.25, 0.3) is 10.8 Å². The van der Waals surface area contributed by atoms with Crippen molar-refractivity contribution in [3.8, 4) is 5.75 Å². The minimum absolute atomic E-state index is 0.207. The van der Waals surface area contributed by atoms with Gasteiger partial charge in [-0.2, -0.15) is 0 Å². The van der Waals surface area contributed by atoms with E-state index in [0.29, 0.717) is 0 Å². The van der Waals surface area contributed by atoms with Gasteiger partial charge in [-0.15, -0.1) is 6.58 Å². The Bertz CT molecular complexity index is 519. The molecule has 0 unspecified atom stereocenters. The van der Waals surface area contributed by atoms with Crippen molar-refractivity contribution < 1.29 is 4.74 Å². The van der Waals surface area contributed by atoms with E-state index < -0.39 is 0 Å². The summed E-state index contributed by atoms with van der Waals surface area (Å²) < 4.78 is 5.35. The Morgan fingerprint density at radius 1 is 1.25 bits per heavy atom. The highest BCUT2D eigenvalue weighted by atomic mass is 16.5. The molecule has 0 bridgehead atoms. The van der Waals surface area contributed by atoms with Gasteiger partial charge in [-0.1, -0.05) is 36.4 Å². The van der Waals surface area contributed by atoms with Gasteiger partial charge in [0, 0.05) is 5.56 Å². The highest BCUT2D eigenvalue weighted by molar-refractivity contribution is 5.88. The quantitative estimate of drug-likeness (QED) is 0.795. The van der Waals surface area contributed by atoms with Crippen LogP contribution in [-0.2, 0) is 0 Å². The molecule has 2 N–H and O–H groups in total. The predicted octanol–water partition coefficient (Wildman–Crippen LogP) is 3.03. The van der Waals surface area contributed by atoms with Gasteiger partial charge in [0.05, 0.1) is 13.2 Å². The van der Waals surface area contributed by atoms with E-state index in [2.05, 4.69) is 18.7 Å². The molecule has 82 valence electrons. The summed E-state index contributed by atoms with van der Waals surface area (Å²) in [6, 6.07) is 11.9. The number of rotatable bonds is 3. The number of hydrogen-bond acceptors (Lipinski definition) is 2. The SMILES string of the molecule is C=C[C@H](N)c1c(OC)ccc2ccccc12. The summed E-state index contributed by atoms with van der Waals surface area (Å²) in [5.74, 6) is 0.811. The van der Waals surface area contributed by atoms with E-state index in [-0.39, 0.29) is 6.04 Å². The van der Waals surface area contributed by atoms with Crippen LogP contribution in [0.3, 0.4) is 0 Å². The van der Waals surface area contributed by atoms with Gasteiger partial charge in [-0.25, -0.2) is 0 Å². The molecular weight excluding hydrogens is 198 g/mol. The average Bonchev–Trinajstić information content (AvgIpc) is 2.36. The number of ether oxygens (including phenoxy) is 1. The van der Waals surface area contributed by atoms with Gasteiger partial charge in [-0.3, -0.25) is 0 Å². The summed E-state index contributed by atoms with van der Waals surface area (Å²) >= 11 is 0. The van der Waals surface area contributed by atoms with Crippen molar-refractivity contribution in [1.29, 1.82) is 0 Å². The van der Waals surface area contributed by atoms with Gasteiger partial charge in [-0.05, 0) is 16.8 Å². The molecule has 0 saturated heterocycles. The Kier molecular flexibility index (Phi) is 2.93. The standard InChI is InChI=1S/C14H15NO/c1-3-12(15)14-11-7-5-4-6-10(11)8-9-13(14)16-2/h3-9,12H,1,15H2,2H3/t12-/m0/s1. The van der Waals surface area contributed by atoms with Crippen LogP contribution in [0, 0.1) is 0 Å². The molecule has 2 nitrogen and oxygen atoms in total. The van der Waals surface area contributed by atoms with E-state index >= 15 is 0 Å². The second-order valence-electron chi connectivity index (χ2n) is 3.66. The minimum atomic E-state index is -0.207. The highest BCUT2D eigenvalue weighted by Gasteiger charge is 2.12. The van der Waals surface area contributed by atoms with Gasteiger partial charge in [0.15, 0.2) is 0 Å². The second-order valence-corrected chi connectivity index (χ2v) is 3.66. The lowest BCUT2D eigenvalue weighted by Crippen LogP contribution is -2.09.